The second-order valence-corrected chi connectivity index (χ2v) is 4.49. The van der Waals surface area contributed by atoms with E-state index < -0.39 is 12.0 Å². The molecule has 1 aromatic heterocycles. The summed E-state index contributed by atoms with van der Waals surface area (Å²) < 4.78 is 43.3. The Morgan fingerprint density at radius 1 is 1.15 bits per heavy atom. The molecule has 0 amide bonds. The molecule has 0 saturated carbocycles. The monoisotopic (exact) mass is 302 g/mol. The summed E-state index contributed by atoms with van der Waals surface area (Å²) in [6.07, 6.45) is -4.66. The number of rotatable bonds is 2. The van der Waals surface area contributed by atoms with Gasteiger partial charge in [0.15, 0.2) is 0 Å². The first-order valence-corrected chi connectivity index (χ1v) is 5.96. The lowest BCUT2D eigenvalue weighted by molar-refractivity contribution is -0.144. The van der Waals surface area contributed by atoms with Gasteiger partial charge in [0.25, 0.3) is 0 Å². The molecule has 7 heteroatoms. The van der Waals surface area contributed by atoms with Crippen molar-refractivity contribution in [2.45, 2.75) is 13.1 Å². The van der Waals surface area contributed by atoms with Crippen molar-refractivity contribution in [3.63, 3.8) is 0 Å². The van der Waals surface area contributed by atoms with E-state index in [1.165, 1.54) is 13.2 Å². The molecular formula is C13H10ClF3N2O. The van der Waals surface area contributed by atoms with Crippen molar-refractivity contribution < 1.29 is 17.9 Å². The summed E-state index contributed by atoms with van der Waals surface area (Å²) >= 11 is 5.65. The lowest BCUT2D eigenvalue weighted by Gasteiger charge is -2.11. The fraction of sp³-hybridized carbons (Fsp3) is 0.231. The van der Waals surface area contributed by atoms with Crippen molar-refractivity contribution in [3.05, 3.63) is 40.8 Å². The summed E-state index contributed by atoms with van der Waals surface area (Å²) in [5, 5.41) is -0.272. The second kappa shape index (κ2) is 5.28. The zero-order valence-corrected chi connectivity index (χ0v) is 11.4. The van der Waals surface area contributed by atoms with Crippen LogP contribution in [0, 0.1) is 6.92 Å². The number of aryl methyl sites for hydroxylation is 1. The smallest absolute Gasteiger partial charge is 0.451 e. The van der Waals surface area contributed by atoms with E-state index in [1.54, 1.807) is 18.2 Å². The second-order valence-electron chi connectivity index (χ2n) is 4.10. The topological polar surface area (TPSA) is 35.0 Å². The Hall–Kier alpha value is -1.82. The van der Waals surface area contributed by atoms with E-state index in [2.05, 4.69) is 9.97 Å². The fourth-order valence-electron chi connectivity index (χ4n) is 1.70. The van der Waals surface area contributed by atoms with Crippen LogP contribution in [0.1, 0.15) is 11.4 Å². The van der Waals surface area contributed by atoms with Crippen LogP contribution >= 0.6 is 11.6 Å². The highest BCUT2D eigenvalue weighted by atomic mass is 35.5. The molecule has 20 heavy (non-hydrogen) atoms. The third-order valence-electron chi connectivity index (χ3n) is 2.58. The standard InChI is InChI=1S/C13H10ClF3N2O/c1-7-3-4-10(20-2)8(5-7)9-6-11(14)19-12(18-9)13(15,16)17/h3-6H,1-2H3. The molecule has 0 bridgehead atoms. The quantitative estimate of drug-likeness (QED) is 0.782. The summed E-state index contributed by atoms with van der Waals surface area (Å²) in [5.74, 6) is -0.859. The van der Waals surface area contributed by atoms with Crippen molar-refractivity contribution in [1.29, 1.82) is 0 Å². The van der Waals surface area contributed by atoms with Gasteiger partial charge in [0.05, 0.1) is 12.8 Å². The zero-order chi connectivity index (χ0) is 14.9. The molecule has 0 aliphatic rings. The van der Waals surface area contributed by atoms with Crippen molar-refractivity contribution in [1.82, 2.24) is 9.97 Å². The summed E-state index contributed by atoms with van der Waals surface area (Å²) in [6, 6.07) is 6.40. The number of methoxy groups -OCH3 is 1. The number of benzene rings is 1. The van der Waals surface area contributed by atoms with Gasteiger partial charge in [0.2, 0.25) is 5.82 Å². The number of ether oxygens (including phenoxy) is 1. The Balaban J connectivity index is 2.64. The highest BCUT2D eigenvalue weighted by Crippen LogP contribution is 2.33. The van der Waals surface area contributed by atoms with Gasteiger partial charge in [-0.1, -0.05) is 23.2 Å². The molecule has 0 fully saturated rings. The van der Waals surface area contributed by atoms with E-state index >= 15 is 0 Å². The minimum absolute atomic E-state index is 0.0675. The number of hydrogen-bond donors (Lipinski definition) is 0. The van der Waals surface area contributed by atoms with Crippen LogP contribution in [0.3, 0.4) is 0 Å². The average Bonchev–Trinajstić information content (AvgIpc) is 2.37. The van der Waals surface area contributed by atoms with Crippen molar-refractivity contribution >= 4 is 11.6 Å². The number of hydrogen-bond acceptors (Lipinski definition) is 3. The molecule has 3 nitrogen and oxygen atoms in total. The van der Waals surface area contributed by atoms with Gasteiger partial charge >= 0.3 is 6.18 Å². The van der Waals surface area contributed by atoms with Crippen LogP contribution in [-0.2, 0) is 6.18 Å². The third-order valence-corrected chi connectivity index (χ3v) is 2.77. The van der Waals surface area contributed by atoms with Gasteiger partial charge in [-0.15, -0.1) is 0 Å². The molecule has 2 rings (SSSR count). The molecule has 2 aromatic rings. The summed E-state index contributed by atoms with van der Waals surface area (Å²) in [7, 11) is 1.43. The van der Waals surface area contributed by atoms with Crippen LogP contribution in [0.5, 0.6) is 5.75 Å². The van der Waals surface area contributed by atoms with E-state index in [0.29, 0.717) is 11.3 Å². The van der Waals surface area contributed by atoms with Gasteiger partial charge in [-0.3, -0.25) is 0 Å². The van der Waals surface area contributed by atoms with Crippen LogP contribution in [0.4, 0.5) is 13.2 Å². The lowest BCUT2D eigenvalue weighted by atomic mass is 10.1. The number of alkyl halides is 3. The van der Waals surface area contributed by atoms with Crippen molar-refractivity contribution in [3.8, 4) is 17.0 Å². The van der Waals surface area contributed by atoms with E-state index in [1.807, 2.05) is 6.92 Å². The Morgan fingerprint density at radius 3 is 2.45 bits per heavy atom. The van der Waals surface area contributed by atoms with Gasteiger partial charge in [0, 0.05) is 11.6 Å². The molecule has 0 spiro atoms. The fourth-order valence-corrected chi connectivity index (χ4v) is 1.89. The van der Waals surface area contributed by atoms with Gasteiger partial charge in [-0.2, -0.15) is 13.2 Å². The normalized spacial score (nSPS) is 11.5. The predicted octanol–water partition coefficient (Wildman–Crippen LogP) is 4.13. The van der Waals surface area contributed by atoms with E-state index in [9.17, 15) is 13.2 Å². The van der Waals surface area contributed by atoms with Crippen LogP contribution < -0.4 is 4.74 Å². The molecule has 1 heterocycles. The summed E-state index contributed by atoms with van der Waals surface area (Å²) in [4.78, 5) is 6.72. The Kier molecular flexibility index (Phi) is 3.85. The third kappa shape index (κ3) is 3.01. The minimum Gasteiger partial charge on any atom is -0.496 e. The number of nitrogens with zero attached hydrogens (tertiary/aromatic N) is 2. The van der Waals surface area contributed by atoms with Crippen LogP contribution in [0.25, 0.3) is 11.3 Å². The minimum atomic E-state index is -4.66. The number of halogens is 4. The molecule has 0 radical (unpaired) electrons. The van der Waals surface area contributed by atoms with Gasteiger partial charge in [0.1, 0.15) is 10.9 Å². The summed E-state index contributed by atoms with van der Waals surface area (Å²) in [5.41, 5.74) is 1.37. The maximum Gasteiger partial charge on any atom is 0.451 e. The molecule has 0 N–H and O–H groups in total. The molecule has 106 valence electrons. The molecular weight excluding hydrogens is 293 g/mol. The van der Waals surface area contributed by atoms with Crippen LogP contribution in [0.15, 0.2) is 24.3 Å². The zero-order valence-electron chi connectivity index (χ0n) is 10.6. The first-order chi connectivity index (χ1) is 9.31. The van der Waals surface area contributed by atoms with Gasteiger partial charge in [-0.05, 0) is 19.1 Å². The van der Waals surface area contributed by atoms with Crippen LogP contribution in [-0.4, -0.2) is 17.1 Å². The Bertz CT molecular complexity index is 644. The highest BCUT2D eigenvalue weighted by Gasteiger charge is 2.35. The lowest BCUT2D eigenvalue weighted by Crippen LogP contribution is -2.11. The molecule has 0 saturated heterocycles. The largest absolute Gasteiger partial charge is 0.496 e. The van der Waals surface area contributed by atoms with Crippen LogP contribution in [0.2, 0.25) is 5.15 Å². The number of aromatic nitrogens is 2. The first-order valence-electron chi connectivity index (χ1n) is 5.58. The van der Waals surface area contributed by atoms with E-state index in [-0.39, 0.29) is 10.8 Å². The maximum atomic E-state index is 12.7. The first kappa shape index (κ1) is 14.6. The van der Waals surface area contributed by atoms with Gasteiger partial charge in [-0.25, -0.2) is 9.97 Å². The molecule has 1 aromatic carbocycles. The maximum absolute atomic E-state index is 12.7. The predicted molar refractivity (Wildman–Crippen MR) is 68.8 cm³/mol. The molecule has 0 aliphatic carbocycles. The van der Waals surface area contributed by atoms with E-state index in [0.717, 1.165) is 5.56 Å². The van der Waals surface area contributed by atoms with Crippen molar-refractivity contribution in [2.24, 2.45) is 0 Å². The SMILES string of the molecule is COc1ccc(C)cc1-c1cc(Cl)nc(C(F)(F)F)n1. The Morgan fingerprint density at radius 2 is 1.85 bits per heavy atom. The molecule has 0 atom stereocenters. The van der Waals surface area contributed by atoms with Gasteiger partial charge < -0.3 is 4.74 Å². The molecule has 0 aliphatic heterocycles. The highest BCUT2D eigenvalue weighted by molar-refractivity contribution is 6.29. The van der Waals surface area contributed by atoms with E-state index in [4.69, 9.17) is 16.3 Å². The molecule has 0 unspecified atom stereocenters. The summed E-state index contributed by atoms with van der Waals surface area (Å²) in [6.45, 7) is 1.82. The average molecular weight is 303 g/mol. The Labute approximate surface area is 118 Å². The van der Waals surface area contributed by atoms with Crippen molar-refractivity contribution in [2.75, 3.05) is 7.11 Å².